The Kier molecular flexibility index (Phi) is 2.90. The van der Waals surface area contributed by atoms with E-state index in [-0.39, 0.29) is 12.5 Å². The predicted octanol–water partition coefficient (Wildman–Crippen LogP) is 2.07. The molecule has 2 N–H and O–H groups in total. The van der Waals surface area contributed by atoms with Crippen molar-refractivity contribution in [1.82, 2.24) is 4.90 Å². The van der Waals surface area contributed by atoms with Gasteiger partial charge in [-0.1, -0.05) is 22.5 Å². The third kappa shape index (κ3) is 1.92. The molecule has 0 saturated heterocycles. The second-order valence-electron chi connectivity index (χ2n) is 3.87. The number of rotatable bonds is 2. The van der Waals surface area contributed by atoms with Crippen LogP contribution >= 0.6 is 15.9 Å². The van der Waals surface area contributed by atoms with Crippen LogP contribution in [0.1, 0.15) is 15.9 Å². The van der Waals surface area contributed by atoms with E-state index >= 15 is 0 Å². The van der Waals surface area contributed by atoms with Gasteiger partial charge >= 0.3 is 0 Å². The van der Waals surface area contributed by atoms with Crippen LogP contribution in [-0.4, -0.2) is 17.4 Å². The topological polar surface area (TPSA) is 70.1 Å². The molecule has 0 radical (unpaired) electrons. The Morgan fingerprint density at radius 3 is 2.94 bits per heavy atom. The molecule has 0 saturated carbocycles. The van der Waals surface area contributed by atoms with Gasteiger partial charge in [0.1, 0.15) is 0 Å². The van der Waals surface area contributed by atoms with Crippen molar-refractivity contribution >= 4 is 27.5 Å². The zero-order valence-electron chi connectivity index (χ0n) is 9.03. The van der Waals surface area contributed by atoms with Gasteiger partial charge in [-0.15, -0.1) is 0 Å². The summed E-state index contributed by atoms with van der Waals surface area (Å²) in [5, 5.41) is 8.69. The zero-order chi connectivity index (χ0) is 12.6. The number of halogens is 1. The van der Waals surface area contributed by atoms with Crippen molar-refractivity contribution in [2.45, 2.75) is 6.54 Å². The minimum absolute atomic E-state index is 0.143. The first-order chi connectivity index (χ1) is 8.04. The van der Waals surface area contributed by atoms with Crippen molar-refractivity contribution < 1.29 is 4.79 Å². The number of carbonyl (C=O) groups is 1. The molecule has 1 aliphatic heterocycles. The van der Waals surface area contributed by atoms with Gasteiger partial charge in [-0.3, -0.25) is 4.79 Å². The van der Waals surface area contributed by atoms with Crippen LogP contribution in [0.5, 0.6) is 0 Å². The maximum atomic E-state index is 12.1. The summed E-state index contributed by atoms with van der Waals surface area (Å²) >= 11 is 3.40. The minimum Gasteiger partial charge on any atom is -0.398 e. The number of nitriles is 1. The number of anilines is 1. The monoisotopic (exact) mass is 291 g/mol. The molecule has 0 spiro atoms. The van der Waals surface area contributed by atoms with E-state index in [2.05, 4.69) is 22.5 Å². The maximum Gasteiger partial charge on any atom is 0.256 e. The van der Waals surface area contributed by atoms with Crippen LogP contribution in [0.15, 0.2) is 28.8 Å². The van der Waals surface area contributed by atoms with E-state index in [0.717, 1.165) is 10.0 Å². The van der Waals surface area contributed by atoms with Crippen molar-refractivity contribution in [2.75, 3.05) is 12.3 Å². The number of fused-ring (bicyclic) bond motifs is 1. The van der Waals surface area contributed by atoms with Gasteiger partial charge < -0.3 is 10.6 Å². The van der Waals surface area contributed by atoms with Gasteiger partial charge in [0.05, 0.1) is 18.2 Å². The smallest absolute Gasteiger partial charge is 0.256 e. The third-order valence-corrected chi connectivity index (χ3v) is 3.42. The number of nitrogens with zero attached hydrogens (tertiary/aromatic N) is 2. The maximum absolute atomic E-state index is 12.1. The molecule has 0 aliphatic carbocycles. The number of hydrogen-bond donors (Lipinski definition) is 1. The van der Waals surface area contributed by atoms with E-state index in [1.54, 1.807) is 11.0 Å². The van der Waals surface area contributed by atoms with Gasteiger partial charge in [0, 0.05) is 27.8 Å². The molecule has 1 aromatic carbocycles. The molecule has 0 fully saturated rings. The second kappa shape index (κ2) is 4.22. The van der Waals surface area contributed by atoms with Gasteiger partial charge in [-0.2, -0.15) is 5.26 Å². The minimum atomic E-state index is -0.143. The summed E-state index contributed by atoms with van der Waals surface area (Å²) in [4.78, 5) is 13.7. The zero-order valence-corrected chi connectivity index (χ0v) is 10.6. The number of benzene rings is 1. The number of carbonyl (C=O) groups excluding carboxylic acids is 1. The first-order valence-electron chi connectivity index (χ1n) is 4.98. The predicted molar refractivity (Wildman–Crippen MR) is 68.0 cm³/mol. The van der Waals surface area contributed by atoms with Crippen LogP contribution in [0.4, 0.5) is 5.69 Å². The average molecular weight is 292 g/mol. The van der Waals surface area contributed by atoms with E-state index in [1.807, 2.05) is 12.1 Å². The molecule has 1 aliphatic rings. The normalized spacial score (nSPS) is 13.4. The fourth-order valence-electron chi connectivity index (χ4n) is 1.86. The molecule has 0 unspecified atom stereocenters. The van der Waals surface area contributed by atoms with Gasteiger partial charge in [0.15, 0.2) is 0 Å². The lowest BCUT2D eigenvalue weighted by atomic mass is 10.1. The Morgan fingerprint density at radius 1 is 1.65 bits per heavy atom. The quantitative estimate of drug-likeness (QED) is 0.670. The molecule has 0 bridgehead atoms. The Bertz CT molecular complexity index is 560. The van der Waals surface area contributed by atoms with Crippen molar-refractivity contribution in [2.24, 2.45) is 0 Å². The molecular formula is C12H10BrN3O. The lowest BCUT2D eigenvalue weighted by molar-refractivity contribution is 0.0794. The molecule has 1 aromatic rings. The van der Waals surface area contributed by atoms with E-state index in [4.69, 9.17) is 11.0 Å². The van der Waals surface area contributed by atoms with Crippen LogP contribution in [0.3, 0.4) is 0 Å². The largest absolute Gasteiger partial charge is 0.398 e. The summed E-state index contributed by atoms with van der Waals surface area (Å²) in [6, 6.07) is 5.46. The molecule has 1 amide bonds. The Balaban J connectivity index is 2.36. The van der Waals surface area contributed by atoms with E-state index < -0.39 is 0 Å². The van der Waals surface area contributed by atoms with Gasteiger partial charge in [0.2, 0.25) is 0 Å². The second-order valence-corrected chi connectivity index (χ2v) is 4.72. The number of nitrogen functional groups attached to an aromatic ring is 1. The first-order valence-corrected chi connectivity index (χ1v) is 5.78. The summed E-state index contributed by atoms with van der Waals surface area (Å²) < 4.78 is 0.861. The molecule has 5 heteroatoms. The van der Waals surface area contributed by atoms with Crippen LogP contribution < -0.4 is 5.73 Å². The third-order valence-electron chi connectivity index (χ3n) is 2.68. The lowest BCUT2D eigenvalue weighted by Gasteiger charge is -2.13. The number of amides is 1. The Hall–Kier alpha value is -1.80. The summed E-state index contributed by atoms with van der Waals surface area (Å²) in [5.74, 6) is -0.143. The van der Waals surface area contributed by atoms with Gasteiger partial charge in [-0.25, -0.2) is 0 Å². The van der Waals surface area contributed by atoms with Crippen molar-refractivity contribution in [3.05, 3.63) is 39.9 Å². The van der Waals surface area contributed by atoms with Crippen LogP contribution in [0.2, 0.25) is 0 Å². The summed E-state index contributed by atoms with van der Waals surface area (Å²) in [6.45, 7) is 4.29. The summed E-state index contributed by atoms with van der Waals surface area (Å²) in [5.41, 5.74) is 8.04. The van der Waals surface area contributed by atoms with E-state index in [9.17, 15) is 4.79 Å². The van der Waals surface area contributed by atoms with Crippen LogP contribution in [-0.2, 0) is 6.54 Å². The summed E-state index contributed by atoms with van der Waals surface area (Å²) in [7, 11) is 0. The number of hydrogen-bond acceptors (Lipinski definition) is 3. The fourth-order valence-corrected chi connectivity index (χ4v) is 2.32. The van der Waals surface area contributed by atoms with Gasteiger partial charge in [0.25, 0.3) is 5.91 Å². The lowest BCUT2D eigenvalue weighted by Crippen LogP contribution is -2.26. The van der Waals surface area contributed by atoms with Crippen molar-refractivity contribution in [3.63, 3.8) is 0 Å². The van der Waals surface area contributed by atoms with Gasteiger partial charge in [-0.05, 0) is 12.1 Å². The van der Waals surface area contributed by atoms with Crippen LogP contribution in [0, 0.1) is 11.3 Å². The Labute approximate surface area is 107 Å². The molecule has 1 heterocycles. The number of nitrogens with two attached hydrogens (primary N) is 1. The molecule has 4 nitrogen and oxygen atoms in total. The van der Waals surface area contributed by atoms with E-state index in [0.29, 0.717) is 23.4 Å². The SMILES string of the molecule is C=C(C#N)CN1Cc2c(Br)ccc(N)c2C1=O. The van der Waals surface area contributed by atoms with Crippen molar-refractivity contribution in [1.29, 1.82) is 5.26 Å². The Morgan fingerprint density at radius 2 is 2.35 bits per heavy atom. The van der Waals surface area contributed by atoms with Crippen molar-refractivity contribution in [3.8, 4) is 6.07 Å². The molecule has 2 rings (SSSR count). The fraction of sp³-hybridized carbons (Fsp3) is 0.167. The summed E-state index contributed by atoms with van der Waals surface area (Å²) in [6.07, 6.45) is 0. The highest BCUT2D eigenvalue weighted by molar-refractivity contribution is 9.10. The molecular weight excluding hydrogens is 282 g/mol. The highest BCUT2D eigenvalue weighted by atomic mass is 79.9. The van der Waals surface area contributed by atoms with Crippen LogP contribution in [0.25, 0.3) is 0 Å². The standard InChI is InChI=1S/C12H10BrN3O/c1-7(4-14)5-16-6-8-9(13)2-3-10(15)11(8)12(16)17/h2-3H,1,5-6,15H2. The molecule has 0 aromatic heterocycles. The molecule has 0 atom stereocenters. The molecule has 86 valence electrons. The highest BCUT2D eigenvalue weighted by Gasteiger charge is 2.31. The highest BCUT2D eigenvalue weighted by Crippen LogP contribution is 2.33. The first kappa shape index (κ1) is 11.7. The van der Waals surface area contributed by atoms with E-state index in [1.165, 1.54) is 0 Å². The molecule has 17 heavy (non-hydrogen) atoms. The average Bonchev–Trinajstić information content (AvgIpc) is 2.63.